The van der Waals surface area contributed by atoms with Crippen LogP contribution in [0.25, 0.3) is 17.3 Å². The maximum Gasteiger partial charge on any atom is 0.332 e. The van der Waals surface area contributed by atoms with Crippen LogP contribution in [-0.2, 0) is 6.54 Å². The number of ether oxygens (including phenoxy) is 2. The molecule has 7 heteroatoms. The summed E-state index contributed by atoms with van der Waals surface area (Å²) in [5.74, 6) is 1.84. The molecule has 0 N–H and O–H groups in total. The number of methoxy groups -OCH3 is 2. The van der Waals surface area contributed by atoms with Gasteiger partial charge in [-0.25, -0.2) is 4.57 Å². The fourth-order valence-electron chi connectivity index (χ4n) is 2.12. The lowest BCUT2D eigenvalue weighted by Gasteiger charge is -2.05. The minimum absolute atomic E-state index is 0.276. The van der Waals surface area contributed by atoms with E-state index < -0.39 is 0 Å². The largest absolute Gasteiger partial charge is 0.497 e. The monoisotopic (exact) mass is 312 g/mol. The van der Waals surface area contributed by atoms with Gasteiger partial charge in [0.25, 0.3) is 6.33 Å². The van der Waals surface area contributed by atoms with E-state index in [1.807, 2.05) is 52.1 Å². The Kier molecular flexibility index (Phi) is 4.18. The van der Waals surface area contributed by atoms with Gasteiger partial charge in [-0.05, 0) is 31.2 Å². The van der Waals surface area contributed by atoms with Crippen LogP contribution < -0.4 is 14.0 Å². The highest BCUT2D eigenvalue weighted by molar-refractivity contribution is 5.57. The van der Waals surface area contributed by atoms with Gasteiger partial charge in [-0.2, -0.15) is 14.5 Å². The second kappa shape index (κ2) is 6.43. The maximum atomic E-state index is 5.21. The van der Waals surface area contributed by atoms with Gasteiger partial charge in [-0.15, -0.1) is 4.98 Å². The first-order chi connectivity index (χ1) is 11.2. The average molecular weight is 312 g/mol. The summed E-state index contributed by atoms with van der Waals surface area (Å²) >= 11 is 0. The van der Waals surface area contributed by atoms with Crippen molar-refractivity contribution in [3.05, 3.63) is 43.0 Å². The molecule has 3 rings (SSSR count). The van der Waals surface area contributed by atoms with Crippen molar-refractivity contribution in [3.8, 4) is 29.1 Å². The van der Waals surface area contributed by atoms with Gasteiger partial charge >= 0.3 is 12.0 Å². The molecule has 0 bridgehead atoms. The van der Waals surface area contributed by atoms with Gasteiger partial charge in [0.15, 0.2) is 5.82 Å². The van der Waals surface area contributed by atoms with Crippen molar-refractivity contribution < 1.29 is 14.0 Å². The van der Waals surface area contributed by atoms with Gasteiger partial charge in [0.05, 0.1) is 20.8 Å². The van der Waals surface area contributed by atoms with E-state index in [4.69, 9.17) is 9.47 Å². The predicted molar refractivity (Wildman–Crippen MR) is 83.6 cm³/mol. The number of benzene rings is 1. The molecule has 0 saturated carbocycles. The molecule has 0 spiro atoms. The summed E-state index contributed by atoms with van der Waals surface area (Å²) in [4.78, 5) is 13.2. The molecular formula is C16H18N5O2+. The van der Waals surface area contributed by atoms with E-state index in [1.165, 1.54) is 0 Å². The summed E-state index contributed by atoms with van der Waals surface area (Å²) in [6, 6.07) is 7.81. The van der Waals surface area contributed by atoms with Crippen LogP contribution in [0.1, 0.15) is 6.92 Å². The number of hydrogen-bond donors (Lipinski definition) is 0. The smallest absolute Gasteiger partial charge is 0.332 e. The Morgan fingerprint density at radius 3 is 2.43 bits per heavy atom. The lowest BCUT2D eigenvalue weighted by Crippen LogP contribution is -2.28. The zero-order chi connectivity index (χ0) is 16.2. The fourth-order valence-corrected chi connectivity index (χ4v) is 2.12. The van der Waals surface area contributed by atoms with Gasteiger partial charge in [0.2, 0.25) is 0 Å². The van der Waals surface area contributed by atoms with Crippen LogP contribution >= 0.6 is 0 Å². The van der Waals surface area contributed by atoms with Crippen molar-refractivity contribution in [1.29, 1.82) is 0 Å². The van der Waals surface area contributed by atoms with Gasteiger partial charge < -0.3 is 9.47 Å². The second-order valence-electron chi connectivity index (χ2n) is 4.83. The molecule has 1 aromatic carbocycles. The third-order valence-electron chi connectivity index (χ3n) is 3.42. The van der Waals surface area contributed by atoms with Crippen molar-refractivity contribution in [3.63, 3.8) is 0 Å². The Balaban J connectivity index is 2.04. The lowest BCUT2D eigenvalue weighted by molar-refractivity contribution is -0.692. The highest BCUT2D eigenvalue weighted by Gasteiger charge is 2.15. The summed E-state index contributed by atoms with van der Waals surface area (Å²) < 4.78 is 14.2. The molecule has 0 amide bonds. The Morgan fingerprint density at radius 1 is 1.04 bits per heavy atom. The van der Waals surface area contributed by atoms with Gasteiger partial charge in [0.1, 0.15) is 18.1 Å². The summed E-state index contributed by atoms with van der Waals surface area (Å²) in [7, 11) is 3.17. The molecule has 0 fully saturated rings. The normalized spacial score (nSPS) is 10.6. The summed E-state index contributed by atoms with van der Waals surface area (Å²) in [5, 5.41) is 0. The maximum absolute atomic E-state index is 5.21. The lowest BCUT2D eigenvalue weighted by atomic mass is 10.2. The van der Waals surface area contributed by atoms with Crippen LogP contribution in [-0.4, -0.2) is 33.7 Å². The van der Waals surface area contributed by atoms with Crippen LogP contribution in [0.2, 0.25) is 0 Å². The average Bonchev–Trinajstić information content (AvgIpc) is 3.10. The number of aromatic nitrogens is 5. The van der Waals surface area contributed by atoms with Crippen LogP contribution in [0, 0.1) is 0 Å². The molecule has 2 aromatic heterocycles. The zero-order valence-corrected chi connectivity index (χ0v) is 13.3. The van der Waals surface area contributed by atoms with Crippen molar-refractivity contribution in [2.24, 2.45) is 0 Å². The summed E-state index contributed by atoms with van der Waals surface area (Å²) in [6.07, 6.45) is 5.78. The quantitative estimate of drug-likeness (QED) is 0.670. The van der Waals surface area contributed by atoms with Crippen molar-refractivity contribution >= 4 is 0 Å². The number of imidazole rings is 1. The molecule has 23 heavy (non-hydrogen) atoms. The zero-order valence-electron chi connectivity index (χ0n) is 13.3. The fraction of sp³-hybridized carbons (Fsp3) is 0.250. The molecule has 3 aromatic rings. The molecule has 0 unspecified atom stereocenters. The van der Waals surface area contributed by atoms with Gasteiger partial charge in [0, 0.05) is 5.56 Å². The SMILES string of the molecule is CC[n+]1ccn(-c2nc(OC)nc(-c3ccc(OC)cc3)n2)c1. The third kappa shape index (κ3) is 3.13. The van der Waals surface area contributed by atoms with Crippen molar-refractivity contribution in [2.45, 2.75) is 13.5 Å². The molecule has 0 radical (unpaired) electrons. The van der Waals surface area contributed by atoms with Crippen LogP contribution in [0.3, 0.4) is 0 Å². The number of aryl methyl sites for hydroxylation is 1. The Labute approximate surface area is 134 Å². The van der Waals surface area contributed by atoms with E-state index in [-0.39, 0.29) is 6.01 Å². The molecule has 7 nitrogen and oxygen atoms in total. The molecule has 0 saturated heterocycles. The minimum atomic E-state index is 0.276. The number of rotatable bonds is 5. The first kappa shape index (κ1) is 15.0. The van der Waals surface area contributed by atoms with Crippen molar-refractivity contribution in [1.82, 2.24) is 19.5 Å². The molecule has 0 aliphatic rings. The third-order valence-corrected chi connectivity index (χ3v) is 3.42. The first-order valence-electron chi connectivity index (χ1n) is 7.25. The van der Waals surface area contributed by atoms with E-state index in [0.717, 1.165) is 17.9 Å². The Hall–Kier alpha value is -2.96. The Bertz CT molecular complexity index is 798. The summed E-state index contributed by atoms with van der Waals surface area (Å²) in [6.45, 7) is 2.95. The molecule has 2 heterocycles. The second-order valence-corrected chi connectivity index (χ2v) is 4.83. The van der Waals surface area contributed by atoms with Crippen LogP contribution in [0.5, 0.6) is 11.8 Å². The van der Waals surface area contributed by atoms with E-state index >= 15 is 0 Å². The van der Waals surface area contributed by atoms with Gasteiger partial charge in [-0.3, -0.25) is 0 Å². The molecule has 118 valence electrons. The van der Waals surface area contributed by atoms with E-state index in [2.05, 4.69) is 21.9 Å². The van der Waals surface area contributed by atoms with Crippen molar-refractivity contribution in [2.75, 3.05) is 14.2 Å². The minimum Gasteiger partial charge on any atom is -0.497 e. The predicted octanol–water partition coefficient (Wildman–Crippen LogP) is 1.65. The van der Waals surface area contributed by atoms with E-state index in [0.29, 0.717) is 11.8 Å². The van der Waals surface area contributed by atoms with E-state index in [1.54, 1.807) is 14.2 Å². The molecule has 0 aliphatic carbocycles. The molecule has 0 aliphatic heterocycles. The van der Waals surface area contributed by atoms with Crippen LogP contribution in [0.15, 0.2) is 43.0 Å². The van der Waals surface area contributed by atoms with E-state index in [9.17, 15) is 0 Å². The first-order valence-corrected chi connectivity index (χ1v) is 7.25. The molecule has 0 atom stereocenters. The summed E-state index contributed by atoms with van der Waals surface area (Å²) in [5.41, 5.74) is 0.864. The Morgan fingerprint density at radius 2 is 1.83 bits per heavy atom. The number of hydrogen-bond acceptors (Lipinski definition) is 5. The molecular weight excluding hydrogens is 294 g/mol. The van der Waals surface area contributed by atoms with Crippen LogP contribution in [0.4, 0.5) is 0 Å². The number of nitrogens with zero attached hydrogens (tertiary/aromatic N) is 5. The highest BCUT2D eigenvalue weighted by atomic mass is 16.5. The van der Waals surface area contributed by atoms with Gasteiger partial charge in [-0.1, -0.05) is 0 Å². The highest BCUT2D eigenvalue weighted by Crippen LogP contribution is 2.21. The topological polar surface area (TPSA) is 65.9 Å². The standard InChI is InChI=1S/C16H18N5O2/c1-4-20-9-10-21(11-20)15-17-14(18-16(19-15)23-3)12-5-7-13(22-2)8-6-12/h5-11H,4H2,1-3H3/q+1.